The molecule has 4 heteroatoms. The summed E-state index contributed by atoms with van der Waals surface area (Å²) < 4.78 is 0. The highest BCUT2D eigenvalue weighted by Crippen LogP contribution is 2.32. The molecule has 0 aromatic carbocycles. The van der Waals surface area contributed by atoms with E-state index in [1.54, 1.807) is 17.7 Å². The Bertz CT molecular complexity index is 580. The number of thiophene rings is 1. The summed E-state index contributed by atoms with van der Waals surface area (Å²) in [5.74, 6) is 3.60. The molecule has 0 aliphatic rings. The van der Waals surface area contributed by atoms with E-state index in [-0.39, 0.29) is 0 Å². The van der Waals surface area contributed by atoms with Crippen LogP contribution in [0.15, 0.2) is 6.33 Å². The van der Waals surface area contributed by atoms with Crippen molar-refractivity contribution in [1.29, 1.82) is 0 Å². The first-order valence-corrected chi connectivity index (χ1v) is 6.93. The first-order valence-electron chi connectivity index (χ1n) is 6.12. The summed E-state index contributed by atoms with van der Waals surface area (Å²) in [7, 11) is 0. The van der Waals surface area contributed by atoms with Crippen LogP contribution < -0.4 is 5.32 Å². The molecule has 0 aliphatic heterocycles. The number of unbranched alkanes of at least 4 members (excludes halogenated alkanes) is 2. The lowest BCUT2D eigenvalue weighted by Gasteiger charge is -2.06. The number of fused-ring (bicyclic) bond motifs is 1. The van der Waals surface area contributed by atoms with E-state index in [2.05, 4.69) is 35.1 Å². The summed E-state index contributed by atoms with van der Waals surface area (Å²) >= 11 is 1.72. The van der Waals surface area contributed by atoms with Crippen LogP contribution in [-0.2, 0) is 0 Å². The van der Waals surface area contributed by atoms with E-state index >= 15 is 0 Å². The number of nitrogens with one attached hydrogen (secondary N) is 1. The van der Waals surface area contributed by atoms with Crippen molar-refractivity contribution >= 4 is 27.4 Å². The van der Waals surface area contributed by atoms with Gasteiger partial charge in [0, 0.05) is 17.8 Å². The largest absolute Gasteiger partial charge is 0.369 e. The molecule has 0 unspecified atom stereocenters. The van der Waals surface area contributed by atoms with Crippen LogP contribution in [0.5, 0.6) is 0 Å². The molecule has 3 nitrogen and oxygen atoms in total. The molecule has 18 heavy (non-hydrogen) atoms. The zero-order valence-electron chi connectivity index (χ0n) is 10.8. The normalized spacial score (nSPS) is 10.5. The minimum atomic E-state index is 0.845. The SMILES string of the molecule is C#CCCCCNc1ncnc2sc(C)c(C)c12. The number of terminal acetylenes is 1. The van der Waals surface area contributed by atoms with Crippen molar-refractivity contribution in [2.45, 2.75) is 33.1 Å². The third-order valence-electron chi connectivity index (χ3n) is 3.01. The minimum Gasteiger partial charge on any atom is -0.369 e. The third-order valence-corrected chi connectivity index (χ3v) is 4.12. The highest BCUT2D eigenvalue weighted by molar-refractivity contribution is 7.18. The third kappa shape index (κ3) is 2.62. The van der Waals surface area contributed by atoms with Gasteiger partial charge in [0.2, 0.25) is 0 Å². The number of hydrogen-bond acceptors (Lipinski definition) is 4. The van der Waals surface area contributed by atoms with Crippen LogP contribution in [0.1, 0.15) is 29.7 Å². The van der Waals surface area contributed by atoms with Gasteiger partial charge >= 0.3 is 0 Å². The van der Waals surface area contributed by atoms with E-state index in [1.165, 1.54) is 10.4 Å². The zero-order valence-corrected chi connectivity index (χ0v) is 11.6. The smallest absolute Gasteiger partial charge is 0.138 e. The molecule has 0 aliphatic carbocycles. The Balaban J connectivity index is 2.11. The molecular formula is C14H17N3S. The summed E-state index contributed by atoms with van der Waals surface area (Å²) in [5, 5.41) is 4.55. The maximum atomic E-state index is 5.23. The molecule has 2 aromatic heterocycles. The molecule has 1 N–H and O–H groups in total. The Kier molecular flexibility index (Phi) is 4.16. The van der Waals surface area contributed by atoms with Gasteiger partial charge in [0.15, 0.2) is 0 Å². The number of hydrogen-bond donors (Lipinski definition) is 1. The summed E-state index contributed by atoms with van der Waals surface area (Å²) in [6, 6.07) is 0. The van der Waals surface area contributed by atoms with Crippen molar-refractivity contribution in [3.63, 3.8) is 0 Å². The quantitative estimate of drug-likeness (QED) is 0.659. The molecule has 0 atom stereocenters. The predicted molar refractivity (Wildman–Crippen MR) is 78.1 cm³/mol. The fourth-order valence-electron chi connectivity index (χ4n) is 1.88. The standard InChI is InChI=1S/C14H17N3S/c1-4-5-6-7-8-15-13-12-10(2)11(3)18-14(12)17-9-16-13/h1,9H,5-8H2,2-3H3,(H,15,16,17). The van der Waals surface area contributed by atoms with Crippen LogP contribution in [0.4, 0.5) is 5.82 Å². The second-order valence-corrected chi connectivity index (χ2v) is 5.48. The molecule has 2 rings (SSSR count). The van der Waals surface area contributed by atoms with E-state index < -0.39 is 0 Å². The zero-order chi connectivity index (χ0) is 13.0. The molecule has 0 radical (unpaired) electrons. The minimum absolute atomic E-state index is 0.845. The molecule has 94 valence electrons. The Morgan fingerprint density at radius 2 is 2.17 bits per heavy atom. The van der Waals surface area contributed by atoms with Gasteiger partial charge in [-0.05, 0) is 32.3 Å². The van der Waals surface area contributed by atoms with E-state index in [0.717, 1.165) is 41.8 Å². The average Bonchev–Trinajstić information content (AvgIpc) is 2.66. The number of aromatic nitrogens is 2. The van der Waals surface area contributed by atoms with Crippen LogP contribution >= 0.6 is 11.3 Å². The maximum Gasteiger partial charge on any atom is 0.138 e. The maximum absolute atomic E-state index is 5.23. The van der Waals surface area contributed by atoms with Crippen molar-refractivity contribution in [2.75, 3.05) is 11.9 Å². The van der Waals surface area contributed by atoms with Gasteiger partial charge in [-0.25, -0.2) is 9.97 Å². The van der Waals surface area contributed by atoms with Gasteiger partial charge in [0.05, 0.1) is 5.39 Å². The van der Waals surface area contributed by atoms with Crippen molar-refractivity contribution in [2.24, 2.45) is 0 Å². The summed E-state index contributed by atoms with van der Waals surface area (Å²) in [6.45, 7) is 5.15. The second kappa shape index (κ2) is 5.83. The van der Waals surface area contributed by atoms with Gasteiger partial charge in [0.1, 0.15) is 17.0 Å². The molecule has 2 aromatic rings. The van der Waals surface area contributed by atoms with Crippen LogP contribution in [0.3, 0.4) is 0 Å². The Labute approximate surface area is 112 Å². The van der Waals surface area contributed by atoms with Crippen molar-refractivity contribution in [3.8, 4) is 12.3 Å². The van der Waals surface area contributed by atoms with E-state index in [9.17, 15) is 0 Å². The number of rotatable bonds is 5. The van der Waals surface area contributed by atoms with E-state index in [4.69, 9.17) is 6.42 Å². The number of aryl methyl sites for hydroxylation is 2. The number of nitrogens with zero attached hydrogens (tertiary/aromatic N) is 2. The highest BCUT2D eigenvalue weighted by atomic mass is 32.1. The first-order chi connectivity index (χ1) is 8.74. The summed E-state index contributed by atoms with van der Waals surface area (Å²) in [5.41, 5.74) is 1.28. The van der Waals surface area contributed by atoms with Crippen LogP contribution in [0.2, 0.25) is 0 Å². The topological polar surface area (TPSA) is 37.8 Å². The molecule has 0 fully saturated rings. The molecular weight excluding hydrogens is 242 g/mol. The van der Waals surface area contributed by atoms with Gasteiger partial charge in [-0.3, -0.25) is 0 Å². The van der Waals surface area contributed by atoms with Crippen molar-refractivity contribution < 1.29 is 0 Å². The van der Waals surface area contributed by atoms with E-state index in [0.29, 0.717) is 0 Å². The monoisotopic (exact) mass is 259 g/mol. The lowest BCUT2D eigenvalue weighted by atomic mass is 10.2. The lowest BCUT2D eigenvalue weighted by Crippen LogP contribution is -2.04. The molecule has 2 heterocycles. The Hall–Kier alpha value is -1.60. The fraction of sp³-hybridized carbons (Fsp3) is 0.429. The van der Waals surface area contributed by atoms with E-state index in [1.807, 2.05) is 0 Å². The number of anilines is 1. The van der Waals surface area contributed by atoms with Crippen LogP contribution in [-0.4, -0.2) is 16.5 Å². The summed E-state index contributed by atoms with van der Waals surface area (Å²) in [6.07, 6.45) is 9.82. The highest BCUT2D eigenvalue weighted by Gasteiger charge is 2.11. The molecule has 0 bridgehead atoms. The van der Waals surface area contributed by atoms with Crippen LogP contribution in [0.25, 0.3) is 10.2 Å². The van der Waals surface area contributed by atoms with Crippen molar-refractivity contribution in [1.82, 2.24) is 9.97 Å². The van der Waals surface area contributed by atoms with Gasteiger partial charge < -0.3 is 5.32 Å². The lowest BCUT2D eigenvalue weighted by molar-refractivity contribution is 0.788. The average molecular weight is 259 g/mol. The van der Waals surface area contributed by atoms with Gasteiger partial charge in [0.25, 0.3) is 0 Å². The predicted octanol–water partition coefficient (Wildman–Crippen LogP) is 3.52. The van der Waals surface area contributed by atoms with Crippen LogP contribution in [0, 0.1) is 26.2 Å². The molecule has 0 saturated heterocycles. The Morgan fingerprint density at radius 1 is 1.33 bits per heavy atom. The van der Waals surface area contributed by atoms with Gasteiger partial charge in [-0.1, -0.05) is 0 Å². The van der Waals surface area contributed by atoms with Crippen molar-refractivity contribution in [3.05, 3.63) is 16.8 Å². The fourth-order valence-corrected chi connectivity index (χ4v) is 2.87. The summed E-state index contributed by atoms with van der Waals surface area (Å²) in [4.78, 5) is 11.0. The first kappa shape index (κ1) is 12.8. The molecule has 0 amide bonds. The molecule has 0 spiro atoms. The second-order valence-electron chi connectivity index (χ2n) is 4.27. The Morgan fingerprint density at radius 3 is 2.94 bits per heavy atom. The molecule has 0 saturated carbocycles. The van der Waals surface area contributed by atoms with Gasteiger partial charge in [-0.15, -0.1) is 23.7 Å². The van der Waals surface area contributed by atoms with Gasteiger partial charge in [-0.2, -0.15) is 0 Å².